The van der Waals surface area contributed by atoms with Gasteiger partial charge in [-0.05, 0) is 93.0 Å². The van der Waals surface area contributed by atoms with Crippen molar-refractivity contribution < 1.29 is 24.5 Å². The van der Waals surface area contributed by atoms with Gasteiger partial charge in [0.1, 0.15) is 29.9 Å². The Morgan fingerprint density at radius 1 is 1.29 bits per heavy atom. The van der Waals surface area contributed by atoms with Gasteiger partial charge in [-0.1, -0.05) is 0 Å². The highest BCUT2D eigenvalue weighted by atomic mass is 79.9. The van der Waals surface area contributed by atoms with E-state index in [4.69, 9.17) is 14.5 Å². The van der Waals surface area contributed by atoms with Crippen LogP contribution in [0.15, 0.2) is 34.9 Å². The molecule has 1 amide bonds. The first-order valence-electron chi connectivity index (χ1n) is 14.1. The lowest BCUT2D eigenvalue weighted by Crippen LogP contribution is -2.49. The Labute approximate surface area is 258 Å². The molecular formula is C29H39BrN6O5S. The number of nitrogens with one attached hydrogen (secondary N) is 2. The van der Waals surface area contributed by atoms with Crippen molar-refractivity contribution >= 4 is 49.4 Å². The van der Waals surface area contributed by atoms with E-state index in [9.17, 15) is 15.0 Å². The molecule has 3 atom stereocenters. The van der Waals surface area contributed by atoms with Gasteiger partial charge in [0.25, 0.3) is 0 Å². The van der Waals surface area contributed by atoms with E-state index in [-0.39, 0.29) is 12.1 Å². The van der Waals surface area contributed by atoms with Crippen LogP contribution in [0.4, 0.5) is 10.7 Å². The second-order valence-corrected chi connectivity index (χ2v) is 14.1. The lowest BCUT2D eigenvalue weighted by atomic mass is 10.0. The third kappa shape index (κ3) is 6.81. The van der Waals surface area contributed by atoms with Gasteiger partial charge in [-0.25, -0.2) is 14.8 Å². The number of nitrogens with zero attached hydrogens (tertiary/aromatic N) is 4. The van der Waals surface area contributed by atoms with Crippen molar-refractivity contribution in [2.24, 2.45) is 0 Å². The Bertz CT molecular complexity index is 1430. The number of aromatic nitrogens is 2. The standard InChI is InChI=1S/C29H39BrN6O5S/c1-28(2,3)41-27(39)35-11-6-7-18(35)16-40-19-8-9-21-17(13-19)14-22(42-21)23-20(30)15-32-25(33-23)31-10-12-36-26(38)34-24(37)29(36,4)5/h8-9,13-15,18,24,26,34,37-38H,6-7,10-12,16H2,1-5H3,(H,31,32,33)/t18-,24-,26-/m0/s1. The number of hydrogen-bond acceptors (Lipinski definition) is 11. The number of carbonyl (C=O) groups excluding carboxylic acids is 1. The second-order valence-electron chi connectivity index (χ2n) is 12.2. The van der Waals surface area contributed by atoms with Crippen LogP contribution in [-0.2, 0) is 4.74 Å². The molecule has 2 aromatic heterocycles. The summed E-state index contributed by atoms with van der Waals surface area (Å²) in [5, 5.41) is 27.4. The van der Waals surface area contributed by atoms with Gasteiger partial charge in [-0.3, -0.25) is 10.2 Å². The number of benzene rings is 1. The largest absolute Gasteiger partial charge is 0.491 e. The number of aliphatic hydroxyl groups excluding tert-OH is 2. The van der Waals surface area contributed by atoms with Crippen LogP contribution in [0.5, 0.6) is 5.75 Å². The zero-order valence-corrected chi connectivity index (χ0v) is 27.0. The van der Waals surface area contributed by atoms with Crippen molar-refractivity contribution in [3.05, 3.63) is 34.9 Å². The average molecular weight is 664 g/mol. The van der Waals surface area contributed by atoms with Gasteiger partial charge in [-0.2, -0.15) is 0 Å². The minimum absolute atomic E-state index is 0.0161. The Balaban J connectivity index is 1.23. The number of carbonyl (C=O) groups is 1. The molecule has 2 fully saturated rings. The summed E-state index contributed by atoms with van der Waals surface area (Å²) in [7, 11) is 0. The van der Waals surface area contributed by atoms with E-state index in [2.05, 4.69) is 37.6 Å². The second kappa shape index (κ2) is 12.2. The first kappa shape index (κ1) is 30.9. The molecule has 1 aromatic carbocycles. The molecule has 0 bridgehead atoms. The molecule has 2 aliphatic heterocycles. The summed E-state index contributed by atoms with van der Waals surface area (Å²) in [6.45, 7) is 11.4. The highest BCUT2D eigenvalue weighted by molar-refractivity contribution is 9.10. The van der Waals surface area contributed by atoms with Crippen LogP contribution in [0.2, 0.25) is 0 Å². The molecule has 2 aliphatic rings. The minimum Gasteiger partial charge on any atom is -0.491 e. The monoisotopic (exact) mass is 662 g/mol. The first-order valence-corrected chi connectivity index (χ1v) is 15.7. The van der Waals surface area contributed by atoms with Gasteiger partial charge in [-0.15, -0.1) is 11.3 Å². The maximum Gasteiger partial charge on any atom is 0.410 e. The quantitative estimate of drug-likeness (QED) is 0.272. The first-order chi connectivity index (χ1) is 19.8. The molecule has 0 unspecified atom stereocenters. The number of thiophene rings is 1. The number of hydrogen-bond donors (Lipinski definition) is 4. The third-order valence-corrected chi connectivity index (χ3v) is 9.26. The van der Waals surface area contributed by atoms with E-state index in [1.165, 1.54) is 0 Å². The van der Waals surface area contributed by atoms with E-state index in [1.807, 2.05) is 52.8 Å². The van der Waals surface area contributed by atoms with Crippen molar-refractivity contribution in [1.29, 1.82) is 0 Å². The number of aliphatic hydroxyl groups is 2. The number of likely N-dealkylation sites (tertiary alicyclic amines) is 1. The Morgan fingerprint density at radius 3 is 2.79 bits per heavy atom. The van der Waals surface area contributed by atoms with Crippen molar-refractivity contribution in [3.8, 4) is 16.3 Å². The summed E-state index contributed by atoms with van der Waals surface area (Å²) in [5.41, 5.74) is -0.367. The summed E-state index contributed by atoms with van der Waals surface area (Å²) >= 11 is 5.23. The lowest BCUT2D eigenvalue weighted by molar-refractivity contribution is -0.0191. The fraction of sp³-hybridized carbons (Fsp3) is 0.552. The Kier molecular flexibility index (Phi) is 8.98. The van der Waals surface area contributed by atoms with Gasteiger partial charge < -0.3 is 29.9 Å². The van der Waals surface area contributed by atoms with Crippen molar-refractivity contribution in [3.63, 3.8) is 0 Å². The highest BCUT2D eigenvalue weighted by Gasteiger charge is 2.45. The van der Waals surface area contributed by atoms with Crippen LogP contribution in [0.3, 0.4) is 0 Å². The number of ether oxygens (including phenoxy) is 2. The molecule has 228 valence electrons. The van der Waals surface area contributed by atoms with Gasteiger partial charge in [0.05, 0.1) is 20.9 Å². The zero-order valence-electron chi connectivity index (χ0n) is 24.6. The van der Waals surface area contributed by atoms with E-state index in [1.54, 1.807) is 27.3 Å². The van der Waals surface area contributed by atoms with Gasteiger partial charge >= 0.3 is 6.09 Å². The average Bonchev–Trinajstić information content (AvgIpc) is 3.60. The molecule has 5 rings (SSSR count). The summed E-state index contributed by atoms with van der Waals surface area (Å²) in [6, 6.07) is 8.08. The molecule has 2 saturated heterocycles. The molecule has 3 aromatic rings. The van der Waals surface area contributed by atoms with E-state index < -0.39 is 23.7 Å². The summed E-state index contributed by atoms with van der Waals surface area (Å²) in [6.07, 6.45) is 1.51. The fourth-order valence-electron chi connectivity index (χ4n) is 5.22. The minimum atomic E-state index is -0.923. The lowest BCUT2D eigenvalue weighted by Gasteiger charge is -2.33. The molecule has 11 nitrogen and oxygen atoms in total. The maximum atomic E-state index is 12.6. The van der Waals surface area contributed by atoms with Gasteiger partial charge in [0.2, 0.25) is 5.95 Å². The molecule has 4 N–H and O–H groups in total. The third-order valence-electron chi connectivity index (χ3n) is 7.56. The van der Waals surface area contributed by atoms with Gasteiger partial charge in [0.15, 0.2) is 6.35 Å². The van der Waals surface area contributed by atoms with Crippen LogP contribution >= 0.6 is 27.3 Å². The molecule has 0 aliphatic carbocycles. The van der Waals surface area contributed by atoms with E-state index in [0.29, 0.717) is 32.2 Å². The van der Waals surface area contributed by atoms with Crippen LogP contribution in [0.1, 0.15) is 47.5 Å². The molecule has 0 saturated carbocycles. The van der Waals surface area contributed by atoms with Crippen LogP contribution < -0.4 is 15.4 Å². The molecule has 4 heterocycles. The number of halogens is 1. The molecular weight excluding hydrogens is 624 g/mol. The van der Waals surface area contributed by atoms with E-state index in [0.717, 1.165) is 43.7 Å². The van der Waals surface area contributed by atoms with E-state index >= 15 is 0 Å². The normalized spacial score (nSPS) is 22.6. The predicted molar refractivity (Wildman–Crippen MR) is 166 cm³/mol. The van der Waals surface area contributed by atoms with Crippen LogP contribution in [-0.4, -0.2) is 92.1 Å². The van der Waals surface area contributed by atoms with Crippen molar-refractivity contribution in [1.82, 2.24) is 25.1 Å². The molecule has 0 spiro atoms. The fourth-order valence-corrected chi connectivity index (χ4v) is 6.80. The summed E-state index contributed by atoms with van der Waals surface area (Å²) in [4.78, 5) is 26.3. The molecule has 42 heavy (non-hydrogen) atoms. The number of anilines is 1. The topological polar surface area (TPSA) is 132 Å². The number of fused-ring (bicyclic) bond motifs is 1. The van der Waals surface area contributed by atoms with Crippen molar-refractivity contribution in [2.75, 3.05) is 31.6 Å². The Hall–Kier alpha value is -2.55. The summed E-state index contributed by atoms with van der Waals surface area (Å²) in [5.74, 6) is 1.22. The smallest absolute Gasteiger partial charge is 0.410 e. The van der Waals surface area contributed by atoms with Crippen LogP contribution in [0.25, 0.3) is 20.7 Å². The van der Waals surface area contributed by atoms with Crippen LogP contribution in [0, 0.1) is 0 Å². The Morgan fingerprint density at radius 2 is 2.07 bits per heavy atom. The van der Waals surface area contributed by atoms with Gasteiger partial charge in [0, 0.05) is 30.5 Å². The van der Waals surface area contributed by atoms with Crippen molar-refractivity contribution in [2.45, 2.75) is 77.2 Å². The molecule has 0 radical (unpaired) electrons. The number of amides is 1. The highest BCUT2D eigenvalue weighted by Crippen LogP contribution is 2.38. The number of rotatable bonds is 8. The molecule has 13 heteroatoms. The maximum absolute atomic E-state index is 12.6. The SMILES string of the molecule is CC(C)(C)OC(=O)N1CCC[C@H]1COc1ccc2sc(-c3nc(NCCN4[C@@H](O)N[C@@H](O)C4(C)C)ncc3Br)cc2c1. The predicted octanol–water partition coefficient (Wildman–Crippen LogP) is 4.59. The zero-order chi connectivity index (χ0) is 30.2. The summed E-state index contributed by atoms with van der Waals surface area (Å²) < 4.78 is 13.6.